The van der Waals surface area contributed by atoms with Gasteiger partial charge in [-0.15, -0.1) is 0 Å². The van der Waals surface area contributed by atoms with Gasteiger partial charge in [0.1, 0.15) is 0 Å². The summed E-state index contributed by atoms with van der Waals surface area (Å²) in [6.07, 6.45) is 2.60. The lowest BCUT2D eigenvalue weighted by molar-refractivity contribution is 0.679. The summed E-state index contributed by atoms with van der Waals surface area (Å²) in [7, 11) is 0. The van der Waals surface area contributed by atoms with Gasteiger partial charge >= 0.3 is 0 Å². The first-order chi connectivity index (χ1) is 9.56. The third-order valence-corrected chi connectivity index (χ3v) is 5.27. The third kappa shape index (κ3) is 2.85. The minimum Gasteiger partial charge on any atom is -0.310 e. The van der Waals surface area contributed by atoms with Crippen LogP contribution in [0.4, 0.5) is 0 Å². The molecule has 1 N–H and O–H groups in total. The maximum atomic E-state index is 4.64. The van der Waals surface area contributed by atoms with Gasteiger partial charge in [-0.3, -0.25) is 0 Å². The van der Waals surface area contributed by atoms with E-state index in [9.17, 15) is 0 Å². The first-order valence-corrected chi connectivity index (χ1v) is 8.39. The van der Waals surface area contributed by atoms with Crippen LogP contribution in [0.15, 0.2) is 27.1 Å². The molecule has 1 fully saturated rings. The summed E-state index contributed by atoms with van der Waals surface area (Å²) in [5.41, 5.74) is 4.57. The third-order valence-electron chi connectivity index (χ3n) is 3.63. The molecule has 1 heterocycles. The van der Waals surface area contributed by atoms with Gasteiger partial charge < -0.3 is 5.32 Å². The molecule has 5 heteroatoms. The number of rotatable bonds is 4. The second kappa shape index (κ2) is 5.62. The number of aryl methyl sites for hydroxylation is 1. The normalized spacial score (nSPS) is 14.8. The molecule has 20 heavy (non-hydrogen) atoms. The van der Waals surface area contributed by atoms with Crippen LogP contribution in [0.2, 0.25) is 0 Å². The molecule has 1 aromatic heterocycles. The van der Waals surface area contributed by atoms with Crippen molar-refractivity contribution in [1.82, 2.24) is 15.1 Å². The molecule has 0 unspecified atom stereocenters. The van der Waals surface area contributed by atoms with E-state index in [2.05, 4.69) is 67.4 Å². The highest BCUT2D eigenvalue weighted by atomic mass is 79.9. The second-order valence-electron chi connectivity index (χ2n) is 5.32. The Balaban J connectivity index is 2.00. The maximum Gasteiger partial charge on any atom is 0.0743 e. The van der Waals surface area contributed by atoms with Crippen LogP contribution in [0.1, 0.15) is 29.8 Å². The van der Waals surface area contributed by atoms with E-state index in [0.717, 1.165) is 32.6 Å². The SMILES string of the molecule is Cc1nn(-c2ccc(Br)cc2CNC2CC2)c(C)c1Br. The summed E-state index contributed by atoms with van der Waals surface area (Å²) in [6.45, 7) is 4.99. The molecule has 1 saturated carbocycles. The van der Waals surface area contributed by atoms with Crippen molar-refractivity contribution in [1.29, 1.82) is 0 Å². The van der Waals surface area contributed by atoms with Crippen molar-refractivity contribution in [2.24, 2.45) is 0 Å². The summed E-state index contributed by atoms with van der Waals surface area (Å²) in [4.78, 5) is 0. The Morgan fingerprint density at radius 2 is 2.05 bits per heavy atom. The van der Waals surface area contributed by atoms with Crippen LogP contribution in [-0.2, 0) is 6.54 Å². The molecule has 0 spiro atoms. The topological polar surface area (TPSA) is 29.9 Å². The second-order valence-corrected chi connectivity index (χ2v) is 7.03. The minimum absolute atomic E-state index is 0.703. The molecular formula is C15H17Br2N3. The van der Waals surface area contributed by atoms with E-state index in [-0.39, 0.29) is 0 Å². The Hall–Kier alpha value is -0.650. The lowest BCUT2D eigenvalue weighted by atomic mass is 10.1. The minimum atomic E-state index is 0.703. The number of aromatic nitrogens is 2. The van der Waals surface area contributed by atoms with Crippen molar-refractivity contribution in [3.63, 3.8) is 0 Å². The van der Waals surface area contributed by atoms with Crippen LogP contribution >= 0.6 is 31.9 Å². The fourth-order valence-electron chi connectivity index (χ4n) is 2.30. The fraction of sp³-hybridized carbons (Fsp3) is 0.400. The van der Waals surface area contributed by atoms with Gasteiger partial charge in [0.05, 0.1) is 21.5 Å². The number of nitrogens with one attached hydrogen (secondary N) is 1. The number of nitrogens with zero attached hydrogens (tertiary/aromatic N) is 2. The zero-order valence-electron chi connectivity index (χ0n) is 11.6. The summed E-state index contributed by atoms with van der Waals surface area (Å²) < 4.78 is 4.21. The van der Waals surface area contributed by atoms with Gasteiger partial charge in [-0.1, -0.05) is 15.9 Å². The van der Waals surface area contributed by atoms with E-state index in [0.29, 0.717) is 6.04 Å². The summed E-state index contributed by atoms with van der Waals surface area (Å²) in [5.74, 6) is 0. The van der Waals surface area contributed by atoms with Crippen molar-refractivity contribution in [3.8, 4) is 5.69 Å². The van der Waals surface area contributed by atoms with Crippen LogP contribution in [0.3, 0.4) is 0 Å². The van der Waals surface area contributed by atoms with Crippen LogP contribution < -0.4 is 5.32 Å². The Morgan fingerprint density at radius 3 is 2.65 bits per heavy atom. The molecule has 0 atom stereocenters. The van der Waals surface area contributed by atoms with Crippen molar-refractivity contribution in [3.05, 3.63) is 44.1 Å². The van der Waals surface area contributed by atoms with Crippen LogP contribution in [-0.4, -0.2) is 15.8 Å². The van der Waals surface area contributed by atoms with Gasteiger partial charge in [-0.25, -0.2) is 4.68 Å². The van der Waals surface area contributed by atoms with Gasteiger partial charge in [-0.2, -0.15) is 5.10 Å². The highest BCUT2D eigenvalue weighted by Crippen LogP contribution is 2.27. The molecule has 2 aromatic rings. The molecular weight excluding hydrogens is 382 g/mol. The average molecular weight is 399 g/mol. The number of benzene rings is 1. The highest BCUT2D eigenvalue weighted by Gasteiger charge is 2.21. The van der Waals surface area contributed by atoms with Crippen molar-refractivity contribution >= 4 is 31.9 Å². The molecule has 0 radical (unpaired) electrons. The Labute approximate surface area is 136 Å². The predicted octanol–water partition coefficient (Wildman–Crippen LogP) is 4.27. The van der Waals surface area contributed by atoms with Gasteiger partial charge in [0.15, 0.2) is 0 Å². The van der Waals surface area contributed by atoms with Crippen molar-refractivity contribution in [2.75, 3.05) is 0 Å². The van der Waals surface area contributed by atoms with Crippen LogP contribution in [0, 0.1) is 13.8 Å². The van der Waals surface area contributed by atoms with Gasteiger partial charge in [-0.05, 0) is 66.4 Å². The Morgan fingerprint density at radius 1 is 1.30 bits per heavy atom. The molecule has 3 nitrogen and oxygen atoms in total. The maximum absolute atomic E-state index is 4.64. The molecule has 3 rings (SSSR count). The van der Waals surface area contributed by atoms with Crippen LogP contribution in [0.5, 0.6) is 0 Å². The van der Waals surface area contributed by atoms with E-state index in [1.54, 1.807) is 0 Å². The largest absolute Gasteiger partial charge is 0.310 e. The molecule has 106 valence electrons. The predicted molar refractivity (Wildman–Crippen MR) is 88.3 cm³/mol. The molecule has 1 aliphatic rings. The number of halogens is 2. The number of hydrogen-bond donors (Lipinski definition) is 1. The molecule has 0 amide bonds. The van der Waals surface area contributed by atoms with Crippen LogP contribution in [0.25, 0.3) is 5.69 Å². The summed E-state index contributed by atoms with van der Waals surface area (Å²) in [5, 5.41) is 8.22. The highest BCUT2D eigenvalue weighted by molar-refractivity contribution is 9.10. The van der Waals surface area contributed by atoms with Gasteiger partial charge in [0.25, 0.3) is 0 Å². The summed E-state index contributed by atoms with van der Waals surface area (Å²) >= 11 is 7.16. The number of hydrogen-bond acceptors (Lipinski definition) is 2. The van der Waals surface area contributed by atoms with Gasteiger partial charge in [0.2, 0.25) is 0 Å². The smallest absolute Gasteiger partial charge is 0.0743 e. The Kier molecular flexibility index (Phi) is 4.02. The average Bonchev–Trinajstić information content (AvgIpc) is 3.21. The van der Waals surface area contributed by atoms with E-state index in [1.807, 2.05) is 11.6 Å². The molecule has 0 aliphatic heterocycles. The van der Waals surface area contributed by atoms with E-state index < -0.39 is 0 Å². The first-order valence-electron chi connectivity index (χ1n) is 6.80. The standard InChI is InChI=1S/C15H17Br2N3/c1-9-15(17)10(2)20(19-9)14-6-3-12(16)7-11(14)8-18-13-4-5-13/h3,6-7,13,18H,4-5,8H2,1-2H3. The van der Waals surface area contributed by atoms with Crippen molar-refractivity contribution in [2.45, 2.75) is 39.3 Å². The lowest BCUT2D eigenvalue weighted by Crippen LogP contribution is -2.17. The zero-order valence-corrected chi connectivity index (χ0v) is 14.8. The zero-order chi connectivity index (χ0) is 14.3. The molecule has 1 aromatic carbocycles. The van der Waals surface area contributed by atoms with E-state index in [1.165, 1.54) is 18.4 Å². The molecule has 1 aliphatic carbocycles. The Bertz CT molecular complexity index is 645. The summed E-state index contributed by atoms with van der Waals surface area (Å²) in [6, 6.07) is 7.07. The van der Waals surface area contributed by atoms with E-state index in [4.69, 9.17) is 0 Å². The van der Waals surface area contributed by atoms with Gasteiger partial charge in [0, 0.05) is 17.1 Å². The fourth-order valence-corrected chi connectivity index (χ4v) is 2.96. The molecule has 0 saturated heterocycles. The first kappa shape index (κ1) is 14.3. The monoisotopic (exact) mass is 397 g/mol. The quantitative estimate of drug-likeness (QED) is 0.833. The lowest BCUT2D eigenvalue weighted by Gasteiger charge is -2.12. The van der Waals surface area contributed by atoms with E-state index >= 15 is 0 Å². The molecule has 0 bridgehead atoms. The van der Waals surface area contributed by atoms with Crippen molar-refractivity contribution < 1.29 is 0 Å².